The largest absolute Gasteiger partial charge is 0.480 e. The number of nitrogens with one attached hydrogen (secondary N) is 1. The second-order valence-electron chi connectivity index (χ2n) is 4.50. The van der Waals surface area contributed by atoms with E-state index in [1.165, 1.54) is 0 Å². The Morgan fingerprint density at radius 3 is 2.47 bits per heavy atom. The molecule has 0 aromatic carbocycles. The predicted octanol–water partition coefficient (Wildman–Crippen LogP) is 1.32. The molecule has 0 bridgehead atoms. The van der Waals surface area contributed by atoms with Crippen molar-refractivity contribution < 1.29 is 19.4 Å². The Bertz CT molecular complexity index is 272. The highest BCUT2D eigenvalue weighted by atomic mass is 16.5. The molecule has 0 aromatic heterocycles. The van der Waals surface area contributed by atoms with Crippen LogP contribution in [0.4, 0.5) is 0 Å². The first-order valence-electron chi connectivity index (χ1n) is 6.23. The quantitative estimate of drug-likeness (QED) is 0.690. The molecule has 17 heavy (non-hydrogen) atoms. The van der Waals surface area contributed by atoms with Crippen molar-refractivity contribution in [3.05, 3.63) is 0 Å². The van der Waals surface area contributed by atoms with E-state index in [4.69, 9.17) is 4.74 Å². The van der Waals surface area contributed by atoms with Crippen LogP contribution >= 0.6 is 0 Å². The maximum atomic E-state index is 11.7. The third-order valence-electron chi connectivity index (χ3n) is 3.14. The molecular formula is C12H21NO4. The van der Waals surface area contributed by atoms with Crippen LogP contribution in [0.2, 0.25) is 0 Å². The lowest BCUT2D eigenvalue weighted by Crippen LogP contribution is -2.57. The summed E-state index contributed by atoms with van der Waals surface area (Å²) < 4.78 is 5.14. The fourth-order valence-electron chi connectivity index (χ4n) is 1.98. The zero-order chi connectivity index (χ0) is 12.7. The van der Waals surface area contributed by atoms with Crippen LogP contribution < -0.4 is 5.32 Å². The molecule has 5 nitrogen and oxygen atoms in total. The number of rotatable bonds is 6. The highest BCUT2D eigenvalue weighted by Gasteiger charge is 2.41. The Hall–Kier alpha value is -1.10. The van der Waals surface area contributed by atoms with Gasteiger partial charge in [-0.2, -0.15) is 0 Å². The van der Waals surface area contributed by atoms with Gasteiger partial charge in [0.25, 0.3) is 0 Å². The number of carbonyl (C=O) groups excluding carboxylic acids is 1. The molecule has 98 valence electrons. The molecule has 0 aliphatic carbocycles. The number of carboxylic acid groups (broad SMARTS) is 1. The Morgan fingerprint density at radius 2 is 1.94 bits per heavy atom. The van der Waals surface area contributed by atoms with E-state index in [2.05, 4.69) is 12.2 Å². The van der Waals surface area contributed by atoms with E-state index in [0.29, 0.717) is 32.5 Å². The number of ether oxygens (including phenoxy) is 1. The molecule has 0 atom stereocenters. The minimum Gasteiger partial charge on any atom is -0.480 e. The Labute approximate surface area is 102 Å². The molecule has 1 aliphatic rings. The molecule has 0 saturated carbocycles. The van der Waals surface area contributed by atoms with E-state index in [-0.39, 0.29) is 5.91 Å². The van der Waals surface area contributed by atoms with Crippen LogP contribution in [0.3, 0.4) is 0 Å². The summed E-state index contributed by atoms with van der Waals surface area (Å²) in [6.45, 7) is 2.85. The van der Waals surface area contributed by atoms with Crippen LogP contribution in [-0.2, 0) is 14.3 Å². The molecular weight excluding hydrogens is 222 g/mol. The molecule has 1 rings (SSSR count). The smallest absolute Gasteiger partial charge is 0.329 e. The second kappa shape index (κ2) is 6.59. The van der Waals surface area contributed by atoms with Gasteiger partial charge in [0, 0.05) is 32.5 Å². The van der Waals surface area contributed by atoms with Crippen LogP contribution in [0.15, 0.2) is 0 Å². The monoisotopic (exact) mass is 243 g/mol. The van der Waals surface area contributed by atoms with Gasteiger partial charge in [0.15, 0.2) is 0 Å². The number of hydrogen-bond donors (Lipinski definition) is 2. The maximum Gasteiger partial charge on any atom is 0.329 e. The molecule has 0 spiro atoms. The number of carbonyl (C=O) groups is 2. The Kier molecular flexibility index (Phi) is 5.41. The molecule has 1 saturated heterocycles. The summed E-state index contributed by atoms with van der Waals surface area (Å²) in [5, 5.41) is 11.9. The van der Waals surface area contributed by atoms with E-state index in [1.807, 2.05) is 0 Å². The van der Waals surface area contributed by atoms with Gasteiger partial charge < -0.3 is 15.2 Å². The van der Waals surface area contributed by atoms with E-state index >= 15 is 0 Å². The third-order valence-corrected chi connectivity index (χ3v) is 3.14. The first kappa shape index (κ1) is 14.0. The van der Waals surface area contributed by atoms with E-state index < -0.39 is 11.5 Å². The Balaban J connectivity index is 2.48. The number of aliphatic carboxylic acids is 1. The van der Waals surface area contributed by atoms with Crippen molar-refractivity contribution in [3.8, 4) is 0 Å². The van der Waals surface area contributed by atoms with Gasteiger partial charge in [-0.1, -0.05) is 19.8 Å². The summed E-state index contributed by atoms with van der Waals surface area (Å²) in [5.74, 6) is -1.12. The van der Waals surface area contributed by atoms with E-state index in [0.717, 1.165) is 19.3 Å². The summed E-state index contributed by atoms with van der Waals surface area (Å²) in [6.07, 6.45) is 3.96. The summed E-state index contributed by atoms with van der Waals surface area (Å²) in [6, 6.07) is 0. The summed E-state index contributed by atoms with van der Waals surface area (Å²) in [5.41, 5.74) is -1.11. The Morgan fingerprint density at radius 1 is 1.29 bits per heavy atom. The van der Waals surface area contributed by atoms with Gasteiger partial charge >= 0.3 is 5.97 Å². The number of unbranched alkanes of at least 4 members (excludes halogenated alkanes) is 2. The van der Waals surface area contributed by atoms with Gasteiger partial charge in [0.2, 0.25) is 5.91 Å². The molecule has 0 radical (unpaired) electrons. The topological polar surface area (TPSA) is 75.6 Å². The first-order valence-corrected chi connectivity index (χ1v) is 6.23. The average molecular weight is 243 g/mol. The van der Waals surface area contributed by atoms with Crippen molar-refractivity contribution in [1.82, 2.24) is 5.32 Å². The summed E-state index contributed by atoms with van der Waals surface area (Å²) in [4.78, 5) is 23.0. The molecule has 1 fully saturated rings. The van der Waals surface area contributed by atoms with Crippen LogP contribution in [0, 0.1) is 0 Å². The van der Waals surface area contributed by atoms with E-state index in [1.54, 1.807) is 0 Å². The van der Waals surface area contributed by atoms with Gasteiger partial charge in [0.05, 0.1) is 0 Å². The van der Waals surface area contributed by atoms with Gasteiger partial charge in [-0.3, -0.25) is 4.79 Å². The standard InChI is InChI=1S/C12H21NO4/c1-2-3-4-5-10(14)13-12(11(15)16)6-8-17-9-7-12/h2-9H2,1H3,(H,13,14)(H,15,16). The number of hydrogen-bond acceptors (Lipinski definition) is 3. The maximum absolute atomic E-state index is 11.7. The van der Waals surface area contributed by atoms with Gasteiger partial charge in [-0.15, -0.1) is 0 Å². The van der Waals surface area contributed by atoms with Crippen LogP contribution in [0.25, 0.3) is 0 Å². The minimum absolute atomic E-state index is 0.164. The zero-order valence-corrected chi connectivity index (χ0v) is 10.3. The van der Waals surface area contributed by atoms with Crippen molar-refractivity contribution in [2.24, 2.45) is 0 Å². The van der Waals surface area contributed by atoms with Crippen molar-refractivity contribution in [1.29, 1.82) is 0 Å². The molecule has 0 unspecified atom stereocenters. The van der Waals surface area contributed by atoms with Crippen molar-refractivity contribution in [3.63, 3.8) is 0 Å². The third kappa shape index (κ3) is 4.00. The molecule has 2 N–H and O–H groups in total. The lowest BCUT2D eigenvalue weighted by atomic mass is 9.90. The predicted molar refractivity (Wildman–Crippen MR) is 62.7 cm³/mol. The first-order chi connectivity index (χ1) is 8.10. The van der Waals surface area contributed by atoms with Crippen molar-refractivity contribution in [2.75, 3.05) is 13.2 Å². The molecule has 0 aromatic rings. The van der Waals surface area contributed by atoms with Gasteiger partial charge in [-0.05, 0) is 6.42 Å². The van der Waals surface area contributed by atoms with Gasteiger partial charge in [0.1, 0.15) is 5.54 Å². The van der Waals surface area contributed by atoms with Gasteiger partial charge in [-0.25, -0.2) is 4.79 Å². The average Bonchev–Trinajstić information content (AvgIpc) is 2.30. The van der Waals surface area contributed by atoms with Crippen LogP contribution in [0.1, 0.15) is 45.4 Å². The molecule has 1 amide bonds. The summed E-state index contributed by atoms with van der Waals surface area (Å²) >= 11 is 0. The molecule has 5 heteroatoms. The van der Waals surface area contributed by atoms with Crippen molar-refractivity contribution >= 4 is 11.9 Å². The second-order valence-corrected chi connectivity index (χ2v) is 4.50. The van der Waals surface area contributed by atoms with Crippen LogP contribution in [-0.4, -0.2) is 35.7 Å². The molecule has 1 heterocycles. The minimum atomic E-state index is -1.11. The van der Waals surface area contributed by atoms with Crippen molar-refractivity contribution in [2.45, 2.75) is 51.0 Å². The fraction of sp³-hybridized carbons (Fsp3) is 0.833. The SMILES string of the molecule is CCCCCC(=O)NC1(C(=O)O)CCOCC1. The summed E-state index contributed by atoms with van der Waals surface area (Å²) in [7, 11) is 0. The normalized spacial score (nSPS) is 18.6. The fourth-order valence-corrected chi connectivity index (χ4v) is 1.98. The molecule has 1 aliphatic heterocycles. The van der Waals surface area contributed by atoms with Crippen LogP contribution in [0.5, 0.6) is 0 Å². The highest BCUT2D eigenvalue weighted by molar-refractivity contribution is 5.87. The lowest BCUT2D eigenvalue weighted by Gasteiger charge is -2.33. The number of carboxylic acids is 1. The highest BCUT2D eigenvalue weighted by Crippen LogP contribution is 2.21. The lowest BCUT2D eigenvalue weighted by molar-refractivity contribution is -0.152. The van der Waals surface area contributed by atoms with E-state index in [9.17, 15) is 14.7 Å². The zero-order valence-electron chi connectivity index (χ0n) is 10.3. The number of amides is 1.